The highest BCUT2D eigenvalue weighted by molar-refractivity contribution is 6.15. The average molecular weight is 230 g/mol. The maximum absolute atomic E-state index is 8.65. The third-order valence-electron chi connectivity index (χ3n) is 2.12. The Balaban J connectivity index is 0.000000606. The van der Waals surface area contributed by atoms with Crippen molar-refractivity contribution < 1.29 is 0 Å². The van der Waals surface area contributed by atoms with E-state index in [4.69, 9.17) is 5.26 Å². The van der Waals surface area contributed by atoms with Crippen LogP contribution in [0.15, 0.2) is 54.6 Å². The third kappa shape index (κ3) is 3.12. The van der Waals surface area contributed by atoms with Gasteiger partial charge in [0.05, 0.1) is 11.6 Å². The van der Waals surface area contributed by atoms with Gasteiger partial charge in [0, 0.05) is 6.38 Å². The zero-order valence-electron chi connectivity index (χ0n) is 9.02. The SMILES string of the molecule is CCl.N#Cc1ccc(-c2ccccc2)cc1. The lowest BCUT2D eigenvalue weighted by atomic mass is 10.0. The fraction of sp³-hybridized carbons (Fsp3) is 0.0714. The molecule has 0 aromatic heterocycles. The highest BCUT2D eigenvalue weighted by atomic mass is 35.5. The predicted octanol–water partition coefficient (Wildman–Crippen LogP) is 4.08. The summed E-state index contributed by atoms with van der Waals surface area (Å²) in [6.45, 7) is 0. The molecule has 2 aromatic rings. The van der Waals surface area contributed by atoms with Crippen molar-refractivity contribution in [3.8, 4) is 17.2 Å². The summed E-state index contributed by atoms with van der Waals surface area (Å²) in [5.74, 6) is 0. The lowest BCUT2D eigenvalue weighted by Gasteiger charge is -1.99. The topological polar surface area (TPSA) is 23.8 Å². The van der Waals surface area contributed by atoms with Gasteiger partial charge in [-0.3, -0.25) is 0 Å². The molecule has 80 valence electrons. The van der Waals surface area contributed by atoms with Crippen LogP contribution in [0.25, 0.3) is 11.1 Å². The molecule has 0 aliphatic heterocycles. The van der Waals surface area contributed by atoms with Crippen LogP contribution < -0.4 is 0 Å². The largest absolute Gasteiger partial charge is 0.192 e. The molecule has 0 bridgehead atoms. The summed E-state index contributed by atoms with van der Waals surface area (Å²) in [7, 11) is 0. The van der Waals surface area contributed by atoms with Gasteiger partial charge in [-0.25, -0.2) is 0 Å². The molecule has 0 amide bonds. The van der Waals surface area contributed by atoms with Gasteiger partial charge in [0.2, 0.25) is 0 Å². The van der Waals surface area contributed by atoms with Crippen molar-refractivity contribution in [3.05, 3.63) is 60.2 Å². The van der Waals surface area contributed by atoms with Crippen molar-refractivity contribution in [1.29, 1.82) is 5.26 Å². The quantitative estimate of drug-likeness (QED) is 0.676. The van der Waals surface area contributed by atoms with Gasteiger partial charge >= 0.3 is 0 Å². The maximum atomic E-state index is 8.65. The van der Waals surface area contributed by atoms with Gasteiger partial charge < -0.3 is 0 Å². The lowest BCUT2D eigenvalue weighted by molar-refractivity contribution is 1.48. The average Bonchev–Trinajstić information content (AvgIpc) is 2.42. The van der Waals surface area contributed by atoms with Crippen LogP contribution in [-0.2, 0) is 0 Å². The first-order chi connectivity index (χ1) is 7.90. The van der Waals surface area contributed by atoms with Crippen molar-refractivity contribution >= 4 is 11.6 Å². The highest BCUT2D eigenvalue weighted by Gasteiger charge is 1.95. The Morgan fingerprint density at radius 2 is 1.31 bits per heavy atom. The van der Waals surface area contributed by atoms with Crippen molar-refractivity contribution in [3.63, 3.8) is 0 Å². The minimum absolute atomic E-state index is 0.699. The molecule has 0 heterocycles. The van der Waals surface area contributed by atoms with Gasteiger partial charge in [-0.1, -0.05) is 42.5 Å². The minimum Gasteiger partial charge on any atom is -0.192 e. The molecule has 2 aromatic carbocycles. The van der Waals surface area contributed by atoms with E-state index in [1.807, 2.05) is 42.5 Å². The van der Waals surface area contributed by atoms with Gasteiger partial charge in [-0.05, 0) is 23.3 Å². The summed E-state index contributed by atoms with van der Waals surface area (Å²) in [5.41, 5.74) is 3.02. The molecule has 2 rings (SSSR count). The molecule has 0 spiro atoms. The van der Waals surface area contributed by atoms with Crippen LogP contribution in [0.5, 0.6) is 0 Å². The van der Waals surface area contributed by atoms with Crippen molar-refractivity contribution in [2.45, 2.75) is 0 Å². The number of hydrogen-bond acceptors (Lipinski definition) is 1. The Morgan fingerprint density at radius 1 is 0.812 bits per heavy atom. The second kappa shape index (κ2) is 6.66. The Bertz CT molecular complexity index is 454. The molecule has 0 saturated carbocycles. The second-order valence-corrected chi connectivity index (χ2v) is 3.06. The number of nitriles is 1. The molecular formula is C14H12ClN. The van der Waals surface area contributed by atoms with Crippen LogP contribution in [0.3, 0.4) is 0 Å². The van der Waals surface area contributed by atoms with Crippen molar-refractivity contribution in [2.75, 3.05) is 6.38 Å². The zero-order chi connectivity index (χ0) is 11.8. The smallest absolute Gasteiger partial charge is 0.0991 e. The third-order valence-corrected chi connectivity index (χ3v) is 2.12. The number of hydrogen-bond donors (Lipinski definition) is 0. The monoisotopic (exact) mass is 229 g/mol. The molecule has 0 aliphatic rings. The number of nitrogens with zero attached hydrogens (tertiary/aromatic N) is 1. The van der Waals surface area contributed by atoms with E-state index in [9.17, 15) is 0 Å². The first-order valence-electron chi connectivity index (χ1n) is 4.83. The maximum Gasteiger partial charge on any atom is 0.0991 e. The van der Waals surface area contributed by atoms with E-state index in [-0.39, 0.29) is 0 Å². The summed E-state index contributed by atoms with van der Waals surface area (Å²) in [4.78, 5) is 0. The first-order valence-corrected chi connectivity index (χ1v) is 5.59. The Morgan fingerprint density at radius 3 is 1.81 bits per heavy atom. The fourth-order valence-electron chi connectivity index (χ4n) is 1.37. The molecule has 0 fully saturated rings. The standard InChI is InChI=1S/C13H9N.CH3Cl/c14-10-11-6-8-13(9-7-11)12-4-2-1-3-5-12;1-2/h1-9H;1H3. The minimum atomic E-state index is 0.699. The summed E-state index contributed by atoms with van der Waals surface area (Å²) in [6, 6.07) is 19.8. The zero-order valence-corrected chi connectivity index (χ0v) is 9.78. The highest BCUT2D eigenvalue weighted by Crippen LogP contribution is 2.18. The predicted molar refractivity (Wildman–Crippen MR) is 68.4 cm³/mol. The van der Waals surface area contributed by atoms with E-state index in [0.29, 0.717) is 5.56 Å². The van der Waals surface area contributed by atoms with E-state index >= 15 is 0 Å². The Kier molecular flexibility index (Phi) is 5.11. The molecule has 1 nitrogen and oxygen atoms in total. The fourth-order valence-corrected chi connectivity index (χ4v) is 1.37. The molecule has 2 heteroatoms. The van der Waals surface area contributed by atoms with Crippen molar-refractivity contribution in [2.24, 2.45) is 0 Å². The molecule has 0 saturated heterocycles. The molecule has 0 atom stereocenters. The summed E-state index contributed by atoms with van der Waals surface area (Å²) in [6.07, 6.45) is 1.47. The molecular weight excluding hydrogens is 218 g/mol. The number of benzene rings is 2. The number of rotatable bonds is 1. The molecule has 0 radical (unpaired) electrons. The first kappa shape index (κ1) is 12.3. The van der Waals surface area contributed by atoms with E-state index in [1.54, 1.807) is 0 Å². The molecule has 0 aliphatic carbocycles. The van der Waals surface area contributed by atoms with Gasteiger partial charge in [-0.2, -0.15) is 5.26 Å². The van der Waals surface area contributed by atoms with Crippen molar-refractivity contribution in [1.82, 2.24) is 0 Å². The number of halogens is 1. The van der Waals surface area contributed by atoms with E-state index in [0.717, 1.165) is 5.56 Å². The normalized spacial score (nSPS) is 8.56. The molecule has 0 N–H and O–H groups in total. The van der Waals surface area contributed by atoms with Crippen LogP contribution in [0.4, 0.5) is 0 Å². The van der Waals surface area contributed by atoms with Crippen LogP contribution in [0.1, 0.15) is 5.56 Å². The van der Waals surface area contributed by atoms with Gasteiger partial charge in [-0.15, -0.1) is 11.6 Å². The Hall–Kier alpha value is -1.78. The van der Waals surface area contributed by atoms with Crippen LogP contribution >= 0.6 is 11.6 Å². The van der Waals surface area contributed by atoms with Gasteiger partial charge in [0.1, 0.15) is 0 Å². The van der Waals surface area contributed by atoms with Crippen LogP contribution in [0, 0.1) is 11.3 Å². The molecule has 16 heavy (non-hydrogen) atoms. The van der Waals surface area contributed by atoms with Gasteiger partial charge in [0.25, 0.3) is 0 Å². The summed E-state index contributed by atoms with van der Waals surface area (Å²) >= 11 is 4.64. The van der Waals surface area contributed by atoms with E-state index in [2.05, 4.69) is 29.8 Å². The number of alkyl halides is 1. The van der Waals surface area contributed by atoms with Crippen LogP contribution in [-0.4, -0.2) is 6.38 Å². The van der Waals surface area contributed by atoms with Gasteiger partial charge in [0.15, 0.2) is 0 Å². The van der Waals surface area contributed by atoms with Crippen LogP contribution in [0.2, 0.25) is 0 Å². The molecule has 0 unspecified atom stereocenters. The lowest BCUT2D eigenvalue weighted by Crippen LogP contribution is -1.77. The van der Waals surface area contributed by atoms with E-state index < -0.39 is 0 Å². The summed E-state index contributed by atoms with van der Waals surface area (Å²) < 4.78 is 0. The van der Waals surface area contributed by atoms with E-state index in [1.165, 1.54) is 11.9 Å². The second-order valence-electron chi connectivity index (χ2n) is 3.06. The summed E-state index contributed by atoms with van der Waals surface area (Å²) in [5, 5.41) is 8.65. The Labute approximate surface area is 101 Å².